The molecule has 0 aliphatic carbocycles. The van der Waals surface area contributed by atoms with Crippen molar-refractivity contribution in [2.45, 2.75) is 18.4 Å². The lowest BCUT2D eigenvalue weighted by molar-refractivity contribution is -0.384. The van der Waals surface area contributed by atoms with E-state index in [0.29, 0.717) is 6.54 Å². The van der Waals surface area contributed by atoms with Crippen LogP contribution in [0.4, 0.5) is 16.2 Å². The van der Waals surface area contributed by atoms with Gasteiger partial charge in [0.25, 0.3) is 11.6 Å². The molecule has 0 saturated carbocycles. The molecule has 4 heterocycles. The molecule has 1 atom stereocenters. The Kier molecular flexibility index (Phi) is 2.92. The Labute approximate surface area is 131 Å². The summed E-state index contributed by atoms with van der Waals surface area (Å²) < 4.78 is 5.53. The monoisotopic (exact) mass is 317 g/mol. The molecule has 4 fully saturated rings. The highest BCUT2D eigenvalue weighted by atomic mass is 16.6. The van der Waals surface area contributed by atoms with Gasteiger partial charge in [0.05, 0.1) is 10.6 Å². The average molecular weight is 317 g/mol. The number of nitrogens with zero attached hydrogens (tertiary/aromatic N) is 3. The van der Waals surface area contributed by atoms with Gasteiger partial charge in [-0.25, -0.2) is 9.69 Å². The number of ether oxygens (including phenoxy) is 1. The summed E-state index contributed by atoms with van der Waals surface area (Å²) >= 11 is 0. The molecule has 4 aliphatic heterocycles. The van der Waals surface area contributed by atoms with Crippen LogP contribution < -0.4 is 4.90 Å². The zero-order chi connectivity index (χ0) is 16.2. The Morgan fingerprint density at radius 1 is 1.26 bits per heavy atom. The van der Waals surface area contributed by atoms with Crippen LogP contribution in [0, 0.1) is 16.0 Å². The highest BCUT2D eigenvalue weighted by Gasteiger charge is 2.62. The molecule has 8 nitrogen and oxygen atoms in total. The third-order valence-electron chi connectivity index (χ3n) is 5.02. The molecule has 2 amide bonds. The van der Waals surface area contributed by atoms with Crippen LogP contribution in [-0.4, -0.2) is 47.1 Å². The Balaban J connectivity index is 1.71. The second-order valence-corrected chi connectivity index (χ2v) is 6.23. The van der Waals surface area contributed by atoms with Crippen molar-refractivity contribution in [1.29, 1.82) is 0 Å². The number of hydrogen-bond donors (Lipinski definition) is 0. The van der Waals surface area contributed by atoms with Gasteiger partial charge < -0.3 is 4.74 Å². The first kappa shape index (κ1) is 14.1. The van der Waals surface area contributed by atoms with E-state index < -0.39 is 22.5 Å². The highest BCUT2D eigenvalue weighted by molar-refractivity contribution is 6.20. The van der Waals surface area contributed by atoms with E-state index >= 15 is 0 Å². The van der Waals surface area contributed by atoms with Crippen molar-refractivity contribution < 1.29 is 19.2 Å². The van der Waals surface area contributed by atoms with Crippen molar-refractivity contribution in [3.8, 4) is 0 Å². The van der Waals surface area contributed by atoms with E-state index in [1.54, 1.807) is 0 Å². The minimum absolute atomic E-state index is 0.0210. The fraction of sp³-hybridized carbons (Fsp3) is 0.467. The predicted molar refractivity (Wildman–Crippen MR) is 79.0 cm³/mol. The van der Waals surface area contributed by atoms with Crippen LogP contribution in [0.1, 0.15) is 12.8 Å². The van der Waals surface area contributed by atoms with Crippen LogP contribution in [-0.2, 0) is 9.53 Å². The molecular formula is C15H15N3O5. The minimum Gasteiger partial charge on any atom is -0.430 e. The maximum absolute atomic E-state index is 12.9. The van der Waals surface area contributed by atoms with Crippen LogP contribution in [0.15, 0.2) is 24.3 Å². The molecule has 23 heavy (non-hydrogen) atoms. The number of rotatable bonds is 2. The van der Waals surface area contributed by atoms with Gasteiger partial charge in [0.2, 0.25) is 5.60 Å². The molecular weight excluding hydrogens is 302 g/mol. The third kappa shape index (κ3) is 1.94. The largest absolute Gasteiger partial charge is 0.430 e. The molecule has 0 aromatic heterocycles. The number of fused-ring (bicyclic) bond motifs is 2. The van der Waals surface area contributed by atoms with E-state index in [1.807, 2.05) is 0 Å². The fourth-order valence-corrected chi connectivity index (χ4v) is 3.86. The number of nitro benzene ring substituents is 1. The van der Waals surface area contributed by atoms with Crippen molar-refractivity contribution >= 4 is 23.4 Å². The van der Waals surface area contributed by atoms with Crippen molar-refractivity contribution in [3.63, 3.8) is 0 Å². The summed E-state index contributed by atoms with van der Waals surface area (Å²) in [6.07, 6.45) is 0.896. The van der Waals surface area contributed by atoms with Gasteiger partial charge in [-0.1, -0.05) is 6.07 Å². The number of imide groups is 1. The van der Waals surface area contributed by atoms with E-state index in [9.17, 15) is 19.7 Å². The van der Waals surface area contributed by atoms with Crippen LogP contribution >= 0.6 is 0 Å². The Bertz CT molecular complexity index is 713. The molecule has 2 bridgehead atoms. The molecule has 4 saturated heterocycles. The smallest absolute Gasteiger partial charge is 0.422 e. The molecule has 1 aromatic carbocycles. The Morgan fingerprint density at radius 3 is 2.61 bits per heavy atom. The summed E-state index contributed by atoms with van der Waals surface area (Å²) in [5.74, 6) is -0.384. The molecule has 0 N–H and O–H groups in total. The van der Waals surface area contributed by atoms with E-state index in [0.717, 1.165) is 30.8 Å². The maximum Gasteiger partial charge on any atom is 0.422 e. The van der Waals surface area contributed by atoms with Crippen LogP contribution in [0.3, 0.4) is 0 Å². The molecule has 1 spiro atoms. The molecule has 120 valence electrons. The van der Waals surface area contributed by atoms with Gasteiger partial charge in [-0.05, 0) is 32.0 Å². The second-order valence-electron chi connectivity index (χ2n) is 6.23. The van der Waals surface area contributed by atoms with Crippen molar-refractivity contribution in [2.75, 3.05) is 24.5 Å². The number of piperidine rings is 3. The van der Waals surface area contributed by atoms with E-state index in [-0.39, 0.29) is 17.3 Å². The van der Waals surface area contributed by atoms with E-state index in [4.69, 9.17) is 4.74 Å². The predicted octanol–water partition coefficient (Wildman–Crippen LogP) is 1.54. The Morgan fingerprint density at radius 2 is 2.00 bits per heavy atom. The zero-order valence-corrected chi connectivity index (χ0v) is 12.3. The number of non-ortho nitro benzene ring substituents is 1. The van der Waals surface area contributed by atoms with Crippen LogP contribution in [0.25, 0.3) is 0 Å². The van der Waals surface area contributed by atoms with Crippen LogP contribution in [0.5, 0.6) is 0 Å². The molecule has 8 heteroatoms. The topological polar surface area (TPSA) is 93.0 Å². The van der Waals surface area contributed by atoms with Gasteiger partial charge in [0.15, 0.2) is 0 Å². The summed E-state index contributed by atoms with van der Waals surface area (Å²) in [6.45, 7) is 2.23. The second kappa shape index (κ2) is 4.76. The van der Waals surface area contributed by atoms with Gasteiger partial charge in [-0.15, -0.1) is 0 Å². The summed E-state index contributed by atoms with van der Waals surface area (Å²) in [4.78, 5) is 38.7. The summed E-state index contributed by atoms with van der Waals surface area (Å²) in [5.41, 5.74) is -1.11. The van der Waals surface area contributed by atoms with Gasteiger partial charge in [0, 0.05) is 24.6 Å². The number of benzene rings is 1. The average Bonchev–Trinajstić information content (AvgIpc) is 2.79. The minimum atomic E-state index is -1.13. The highest BCUT2D eigenvalue weighted by Crippen LogP contribution is 2.44. The number of nitro groups is 1. The number of carbonyl (C=O) groups is 2. The first-order chi connectivity index (χ1) is 11.0. The number of anilines is 1. The molecule has 0 radical (unpaired) electrons. The molecule has 1 aromatic rings. The molecule has 5 rings (SSSR count). The third-order valence-corrected chi connectivity index (χ3v) is 5.02. The number of amides is 2. The fourth-order valence-electron chi connectivity index (χ4n) is 3.86. The van der Waals surface area contributed by atoms with Gasteiger partial charge in [-0.3, -0.25) is 19.8 Å². The quantitative estimate of drug-likeness (QED) is 0.607. The lowest BCUT2D eigenvalue weighted by atomic mass is 9.75. The zero-order valence-electron chi connectivity index (χ0n) is 12.3. The standard InChI is InChI=1S/C15H15N3O5/c19-13-15(9-16-6-4-10(15)5-7-16)23-14(20)17(13)11-2-1-3-12(8-11)18(21)22/h1-3,8,10H,4-7,9H2. The van der Waals surface area contributed by atoms with Crippen molar-refractivity contribution in [1.82, 2.24) is 4.90 Å². The summed E-state index contributed by atoms with van der Waals surface area (Å²) in [7, 11) is 0. The van der Waals surface area contributed by atoms with Gasteiger partial charge in [0.1, 0.15) is 0 Å². The Hall–Kier alpha value is -2.48. The van der Waals surface area contributed by atoms with Gasteiger partial charge in [-0.2, -0.15) is 0 Å². The summed E-state index contributed by atoms with van der Waals surface area (Å²) in [5, 5.41) is 10.9. The van der Waals surface area contributed by atoms with E-state index in [2.05, 4.69) is 4.90 Å². The van der Waals surface area contributed by atoms with Crippen molar-refractivity contribution in [3.05, 3.63) is 34.4 Å². The maximum atomic E-state index is 12.9. The molecule has 4 aliphatic rings. The van der Waals surface area contributed by atoms with E-state index in [1.165, 1.54) is 24.3 Å². The van der Waals surface area contributed by atoms with Crippen LogP contribution in [0.2, 0.25) is 0 Å². The number of hydrogen-bond acceptors (Lipinski definition) is 6. The number of carbonyl (C=O) groups excluding carboxylic acids is 2. The SMILES string of the molecule is O=C1OC2(CN3CCC2CC3)C(=O)N1c1cccc([N+](=O)[O-])c1. The lowest BCUT2D eigenvalue weighted by Gasteiger charge is -2.48. The normalized spacial score (nSPS) is 32.4. The first-order valence-corrected chi connectivity index (χ1v) is 7.55. The first-order valence-electron chi connectivity index (χ1n) is 7.55. The summed E-state index contributed by atoms with van der Waals surface area (Å²) in [6, 6.07) is 5.50. The lowest BCUT2D eigenvalue weighted by Crippen LogP contribution is -2.63. The van der Waals surface area contributed by atoms with Crippen molar-refractivity contribution in [2.24, 2.45) is 5.92 Å². The molecule has 1 unspecified atom stereocenters. The van der Waals surface area contributed by atoms with Gasteiger partial charge >= 0.3 is 6.09 Å².